The number of nitrogens with one attached hydrogen (secondary N) is 1. The highest BCUT2D eigenvalue weighted by atomic mass is 16.7. The van der Waals surface area contributed by atoms with Crippen LogP contribution in [0.3, 0.4) is 0 Å². The molecule has 1 rings (SSSR count). The third-order valence-electron chi connectivity index (χ3n) is 15.0. The minimum absolute atomic E-state index is 0.113. The van der Waals surface area contributed by atoms with Crippen molar-refractivity contribution in [1.82, 2.24) is 5.32 Å². The van der Waals surface area contributed by atoms with Gasteiger partial charge in [-0.2, -0.15) is 0 Å². The summed E-state index contributed by atoms with van der Waals surface area (Å²) in [5, 5.41) is 57.1. The highest BCUT2D eigenvalue weighted by molar-refractivity contribution is 5.80. The van der Waals surface area contributed by atoms with E-state index in [1.54, 1.807) is 6.08 Å². The Balaban J connectivity index is 2.67. The second kappa shape index (κ2) is 56.3. The highest BCUT2D eigenvalue weighted by Gasteiger charge is 2.47. The van der Waals surface area contributed by atoms with Crippen molar-refractivity contribution in [2.75, 3.05) is 13.2 Å². The number of hydrogen-bond donors (Lipinski definition) is 6. The van der Waals surface area contributed by atoms with E-state index in [0.29, 0.717) is 12.8 Å². The summed E-state index contributed by atoms with van der Waals surface area (Å²) in [5.41, 5.74) is 0. The zero-order valence-electron chi connectivity index (χ0n) is 51.2. The van der Waals surface area contributed by atoms with E-state index in [4.69, 9.17) is 14.2 Å². The average molecular weight is 1120 g/mol. The van der Waals surface area contributed by atoms with Crippen LogP contribution in [0.25, 0.3) is 0 Å². The molecule has 1 amide bonds. The number of carbonyl (C=O) groups excluding carboxylic acids is 2. The fourth-order valence-corrected chi connectivity index (χ4v) is 9.78. The molecule has 1 aliphatic rings. The van der Waals surface area contributed by atoms with Crippen molar-refractivity contribution in [2.45, 2.75) is 327 Å². The molecule has 0 radical (unpaired) electrons. The molecule has 8 unspecified atom stereocenters. The molecule has 0 bridgehead atoms. The number of unbranched alkanes of at least 4 members (excludes halogenated alkanes) is 29. The maximum atomic E-state index is 13.4. The predicted molar refractivity (Wildman–Crippen MR) is 333 cm³/mol. The van der Waals surface area contributed by atoms with E-state index >= 15 is 0 Å². The molecule has 11 heteroatoms. The van der Waals surface area contributed by atoms with E-state index in [9.17, 15) is 35.1 Å². The Hall–Kier alpha value is -3.16. The van der Waals surface area contributed by atoms with E-state index in [1.807, 2.05) is 6.08 Å². The third kappa shape index (κ3) is 43.5. The number of ether oxygens (including phenoxy) is 3. The summed E-state index contributed by atoms with van der Waals surface area (Å²) < 4.78 is 17.6. The van der Waals surface area contributed by atoms with Gasteiger partial charge in [0.15, 0.2) is 12.4 Å². The Morgan fingerprint density at radius 2 is 0.863 bits per heavy atom. The molecule has 0 spiro atoms. The van der Waals surface area contributed by atoms with Gasteiger partial charge in [-0.25, -0.2) is 0 Å². The first kappa shape index (κ1) is 74.9. The first-order valence-corrected chi connectivity index (χ1v) is 32.9. The molecule has 1 aliphatic heterocycles. The smallest absolute Gasteiger partial charge is 0.306 e. The first-order valence-electron chi connectivity index (χ1n) is 32.9. The molecule has 6 N–H and O–H groups in total. The van der Waals surface area contributed by atoms with Crippen LogP contribution in [0.15, 0.2) is 85.1 Å². The maximum absolute atomic E-state index is 13.4. The molecule has 0 aromatic heterocycles. The standard InChI is InChI=1S/C69H121NO10/c1-4-7-10-13-16-19-22-25-27-29-31-33-34-36-38-41-44-47-50-53-56-62(73)68(77)70-60(61(72)55-52-49-46-43-40-24-21-18-15-12-9-6-3)59-78-69-67(66(76)65(75)63(58-71)79-69)80-64(74)57-54-51-48-45-42-39-37-35-32-30-28-26-23-20-17-14-11-8-5-2/h16-17,19-20,25-28,31,33,36,38,52,55,60-63,65-67,69,71-73,75-76H,4-15,18,21-24,29-30,32,34-35,37,39-51,53-54,56-59H2,1-3H3,(H,70,77)/b19-16-,20-17-,27-25-,28-26-,33-31-,38-36-,55-52+. The lowest BCUT2D eigenvalue weighted by Gasteiger charge is -2.41. The molecular weight excluding hydrogens is 1000 g/mol. The van der Waals surface area contributed by atoms with Crippen LogP contribution in [0, 0.1) is 0 Å². The van der Waals surface area contributed by atoms with Crippen LogP contribution in [-0.4, -0.2) is 99.6 Å². The molecule has 0 aromatic rings. The van der Waals surface area contributed by atoms with E-state index in [2.05, 4.69) is 99.0 Å². The summed E-state index contributed by atoms with van der Waals surface area (Å²) >= 11 is 0. The number of aliphatic hydroxyl groups is 5. The molecule has 1 fully saturated rings. The van der Waals surface area contributed by atoms with Gasteiger partial charge in [-0.3, -0.25) is 9.59 Å². The number of carbonyl (C=O) groups is 2. The molecule has 0 saturated carbocycles. The maximum Gasteiger partial charge on any atom is 0.306 e. The number of allylic oxidation sites excluding steroid dienone is 13. The van der Waals surface area contributed by atoms with Crippen LogP contribution < -0.4 is 5.32 Å². The molecule has 1 heterocycles. The number of amides is 1. The summed E-state index contributed by atoms with van der Waals surface area (Å²) in [6.45, 7) is 5.73. The fraction of sp³-hybridized carbons (Fsp3) is 0.768. The van der Waals surface area contributed by atoms with Gasteiger partial charge in [-0.05, 0) is 103 Å². The molecule has 462 valence electrons. The molecular formula is C69H121NO10. The Morgan fingerprint density at radius 3 is 1.31 bits per heavy atom. The van der Waals surface area contributed by atoms with Gasteiger partial charge < -0.3 is 45.1 Å². The van der Waals surface area contributed by atoms with Crippen LogP contribution in [0.1, 0.15) is 278 Å². The normalized spacial score (nSPS) is 19.3. The van der Waals surface area contributed by atoms with Crippen LogP contribution in [0.4, 0.5) is 0 Å². The van der Waals surface area contributed by atoms with Crippen molar-refractivity contribution < 1.29 is 49.3 Å². The number of esters is 1. The van der Waals surface area contributed by atoms with Gasteiger partial charge in [-0.15, -0.1) is 0 Å². The number of aliphatic hydroxyl groups excluding tert-OH is 5. The summed E-state index contributed by atoms with van der Waals surface area (Å²) in [4.78, 5) is 26.6. The lowest BCUT2D eigenvalue weighted by atomic mass is 9.99. The van der Waals surface area contributed by atoms with Crippen molar-refractivity contribution in [2.24, 2.45) is 0 Å². The summed E-state index contributed by atoms with van der Waals surface area (Å²) in [6.07, 6.45) is 63.2. The number of rotatable bonds is 55. The second-order valence-corrected chi connectivity index (χ2v) is 22.5. The molecule has 8 atom stereocenters. The Labute approximate surface area is 489 Å². The third-order valence-corrected chi connectivity index (χ3v) is 15.0. The van der Waals surface area contributed by atoms with Gasteiger partial charge in [0.2, 0.25) is 5.91 Å². The van der Waals surface area contributed by atoms with Gasteiger partial charge in [-0.1, -0.05) is 254 Å². The largest absolute Gasteiger partial charge is 0.454 e. The van der Waals surface area contributed by atoms with Gasteiger partial charge in [0.1, 0.15) is 24.4 Å². The molecule has 80 heavy (non-hydrogen) atoms. The van der Waals surface area contributed by atoms with Crippen LogP contribution in [-0.2, 0) is 23.8 Å². The Bertz CT molecular complexity index is 1620. The van der Waals surface area contributed by atoms with E-state index in [0.717, 1.165) is 103 Å². The van der Waals surface area contributed by atoms with E-state index in [1.165, 1.54) is 128 Å². The SMILES string of the molecule is CCCCC/C=C\C/C=C\C/C=C\C/C=C\CCCCCCC(O)C(=O)NC(COC1OC(CO)C(O)C(O)C1OC(=O)CCCCCCCCCCC/C=C\C/C=C\CCCCC)C(O)/C=C/CCCCCCCCCCCC. The van der Waals surface area contributed by atoms with Crippen LogP contribution >= 0.6 is 0 Å². The highest BCUT2D eigenvalue weighted by Crippen LogP contribution is 2.26. The molecule has 0 aliphatic carbocycles. The van der Waals surface area contributed by atoms with Gasteiger partial charge in [0.25, 0.3) is 0 Å². The zero-order chi connectivity index (χ0) is 58.2. The van der Waals surface area contributed by atoms with Gasteiger partial charge in [0.05, 0.1) is 25.4 Å². The summed E-state index contributed by atoms with van der Waals surface area (Å²) in [6, 6.07) is -1.04. The monoisotopic (exact) mass is 1120 g/mol. The number of hydrogen-bond acceptors (Lipinski definition) is 10. The predicted octanol–water partition coefficient (Wildman–Crippen LogP) is 16.1. The van der Waals surface area contributed by atoms with Crippen molar-refractivity contribution in [3.8, 4) is 0 Å². The minimum atomic E-state index is -1.62. The van der Waals surface area contributed by atoms with Crippen molar-refractivity contribution in [1.29, 1.82) is 0 Å². The van der Waals surface area contributed by atoms with E-state index in [-0.39, 0.29) is 19.4 Å². The van der Waals surface area contributed by atoms with Crippen molar-refractivity contribution in [3.63, 3.8) is 0 Å². The minimum Gasteiger partial charge on any atom is -0.454 e. The second-order valence-electron chi connectivity index (χ2n) is 22.5. The topological polar surface area (TPSA) is 175 Å². The van der Waals surface area contributed by atoms with Crippen LogP contribution in [0.5, 0.6) is 0 Å². The van der Waals surface area contributed by atoms with E-state index < -0.39 is 67.4 Å². The zero-order valence-corrected chi connectivity index (χ0v) is 51.2. The lowest BCUT2D eigenvalue weighted by Crippen LogP contribution is -2.61. The van der Waals surface area contributed by atoms with Gasteiger partial charge in [0, 0.05) is 6.42 Å². The average Bonchev–Trinajstić information content (AvgIpc) is 3.45. The molecule has 1 saturated heterocycles. The summed E-state index contributed by atoms with van der Waals surface area (Å²) in [5.74, 6) is -1.22. The molecule has 0 aromatic carbocycles. The van der Waals surface area contributed by atoms with Crippen molar-refractivity contribution >= 4 is 11.9 Å². The van der Waals surface area contributed by atoms with Gasteiger partial charge >= 0.3 is 5.97 Å². The first-order chi connectivity index (χ1) is 39.2. The van der Waals surface area contributed by atoms with Crippen molar-refractivity contribution in [3.05, 3.63) is 85.1 Å². The lowest BCUT2D eigenvalue weighted by molar-refractivity contribution is -0.305. The van der Waals surface area contributed by atoms with Crippen LogP contribution in [0.2, 0.25) is 0 Å². The Kier molecular flexibility index (Phi) is 52.7. The summed E-state index contributed by atoms with van der Waals surface area (Å²) in [7, 11) is 0. The Morgan fingerprint density at radius 1 is 0.487 bits per heavy atom. The fourth-order valence-electron chi connectivity index (χ4n) is 9.78. The molecule has 11 nitrogen and oxygen atoms in total. The quantitative estimate of drug-likeness (QED) is 0.0195.